The number of imidazole rings is 1. The Hall–Kier alpha value is -1.49. The third-order valence-corrected chi connectivity index (χ3v) is 5.05. The van der Waals surface area contributed by atoms with Crippen molar-refractivity contribution in [2.45, 2.75) is 38.6 Å². The topological polar surface area (TPSA) is 55.1 Å². The van der Waals surface area contributed by atoms with Crippen LogP contribution in [-0.4, -0.2) is 32.1 Å². The van der Waals surface area contributed by atoms with E-state index in [0.29, 0.717) is 23.0 Å². The highest BCUT2D eigenvalue weighted by atomic mass is 32.2. The lowest BCUT2D eigenvalue weighted by molar-refractivity contribution is 0.0699. The Labute approximate surface area is 128 Å². The molecule has 1 aliphatic carbocycles. The average Bonchev–Trinajstić information content (AvgIpc) is 3.24. The molecule has 2 aromatic rings. The van der Waals surface area contributed by atoms with E-state index in [2.05, 4.69) is 18.4 Å². The Kier molecular flexibility index (Phi) is 3.93. The smallest absolute Gasteiger partial charge is 0.337 e. The van der Waals surface area contributed by atoms with Gasteiger partial charge in [0, 0.05) is 17.7 Å². The van der Waals surface area contributed by atoms with Crippen LogP contribution in [0.25, 0.3) is 11.0 Å². The lowest BCUT2D eigenvalue weighted by Crippen LogP contribution is -2.11. The summed E-state index contributed by atoms with van der Waals surface area (Å²) < 4.78 is 2.27. The van der Waals surface area contributed by atoms with E-state index in [9.17, 15) is 9.90 Å². The molecule has 112 valence electrons. The van der Waals surface area contributed by atoms with E-state index in [1.807, 2.05) is 23.9 Å². The Morgan fingerprint density at radius 1 is 1.52 bits per heavy atom. The summed E-state index contributed by atoms with van der Waals surface area (Å²) in [5.41, 5.74) is 1.91. The summed E-state index contributed by atoms with van der Waals surface area (Å²) in [5.74, 6) is 2.80. The van der Waals surface area contributed by atoms with Gasteiger partial charge in [-0.15, -0.1) is 0 Å². The molecule has 1 atom stereocenters. The van der Waals surface area contributed by atoms with Crippen molar-refractivity contribution in [3.05, 3.63) is 29.6 Å². The van der Waals surface area contributed by atoms with E-state index < -0.39 is 5.97 Å². The highest BCUT2D eigenvalue weighted by Gasteiger charge is 2.31. The van der Waals surface area contributed by atoms with Crippen molar-refractivity contribution < 1.29 is 9.90 Å². The van der Waals surface area contributed by atoms with Crippen molar-refractivity contribution in [2.24, 2.45) is 0 Å². The lowest BCUT2D eigenvalue weighted by atomic mass is 10.2. The number of carbonyl (C=O) groups is 1. The van der Waals surface area contributed by atoms with Crippen molar-refractivity contribution in [3.8, 4) is 0 Å². The van der Waals surface area contributed by atoms with Crippen LogP contribution in [0.1, 0.15) is 54.8 Å². The summed E-state index contributed by atoms with van der Waals surface area (Å²) in [6, 6.07) is 5.79. The molecular weight excluding hydrogens is 284 g/mol. The van der Waals surface area contributed by atoms with E-state index in [1.165, 1.54) is 12.8 Å². The van der Waals surface area contributed by atoms with Gasteiger partial charge in [-0.3, -0.25) is 0 Å². The molecule has 1 aromatic heterocycles. The van der Waals surface area contributed by atoms with E-state index >= 15 is 0 Å². The summed E-state index contributed by atoms with van der Waals surface area (Å²) in [5, 5.41) is 9.36. The summed E-state index contributed by atoms with van der Waals surface area (Å²) in [7, 11) is 0. The molecule has 1 heterocycles. The number of rotatable bonds is 6. The molecule has 0 spiro atoms. The second-order valence-corrected chi connectivity index (χ2v) is 6.92. The molecule has 1 N–H and O–H groups in total. The molecule has 5 heteroatoms. The van der Waals surface area contributed by atoms with Gasteiger partial charge in [-0.1, -0.05) is 13.0 Å². The minimum Gasteiger partial charge on any atom is -0.478 e. The number of para-hydroxylation sites is 1. The Morgan fingerprint density at radius 2 is 2.29 bits per heavy atom. The maximum atomic E-state index is 11.4. The summed E-state index contributed by atoms with van der Waals surface area (Å²) >= 11 is 1.91. The van der Waals surface area contributed by atoms with Crippen molar-refractivity contribution >= 4 is 28.8 Å². The van der Waals surface area contributed by atoms with Crippen molar-refractivity contribution in [2.75, 3.05) is 11.5 Å². The van der Waals surface area contributed by atoms with Gasteiger partial charge in [0.1, 0.15) is 11.3 Å². The van der Waals surface area contributed by atoms with Crippen LogP contribution in [0.15, 0.2) is 18.2 Å². The fourth-order valence-corrected chi connectivity index (χ4v) is 3.49. The van der Waals surface area contributed by atoms with Crippen molar-refractivity contribution in [1.82, 2.24) is 9.55 Å². The molecule has 0 bridgehead atoms. The van der Waals surface area contributed by atoms with E-state index in [-0.39, 0.29) is 0 Å². The van der Waals surface area contributed by atoms with Crippen LogP contribution < -0.4 is 0 Å². The zero-order valence-electron chi connectivity index (χ0n) is 12.4. The molecule has 0 saturated heterocycles. The molecular formula is C16H20N2O2S. The van der Waals surface area contributed by atoms with E-state index in [1.54, 1.807) is 6.07 Å². The normalized spacial score (nSPS) is 16.3. The number of aromatic nitrogens is 2. The Morgan fingerprint density at radius 3 is 2.90 bits per heavy atom. The first-order valence-corrected chi connectivity index (χ1v) is 8.60. The van der Waals surface area contributed by atoms with Gasteiger partial charge in [-0.25, -0.2) is 9.78 Å². The monoisotopic (exact) mass is 304 g/mol. The quantitative estimate of drug-likeness (QED) is 0.878. The number of carboxylic acid groups (broad SMARTS) is 1. The predicted molar refractivity (Wildman–Crippen MR) is 86.4 cm³/mol. The van der Waals surface area contributed by atoms with E-state index in [4.69, 9.17) is 4.98 Å². The number of aromatic carboxylic acids is 1. The third kappa shape index (κ3) is 2.67. The fourth-order valence-electron chi connectivity index (χ4n) is 2.76. The number of carboxylic acids is 1. The molecule has 0 amide bonds. The van der Waals surface area contributed by atoms with Crippen LogP contribution in [0.4, 0.5) is 0 Å². The number of thioether (sulfide) groups is 1. The van der Waals surface area contributed by atoms with Gasteiger partial charge >= 0.3 is 5.97 Å². The number of nitrogens with zero attached hydrogens (tertiary/aromatic N) is 2. The number of fused-ring (bicyclic) bond motifs is 1. The highest BCUT2D eigenvalue weighted by molar-refractivity contribution is 7.99. The van der Waals surface area contributed by atoms with Crippen LogP contribution in [0.3, 0.4) is 0 Å². The summed E-state index contributed by atoms with van der Waals surface area (Å²) in [6.45, 7) is 4.36. The first-order valence-electron chi connectivity index (χ1n) is 7.45. The van der Waals surface area contributed by atoms with Gasteiger partial charge in [0.25, 0.3) is 0 Å². The average molecular weight is 304 g/mol. The molecule has 0 radical (unpaired) electrons. The molecule has 21 heavy (non-hydrogen) atoms. The maximum absolute atomic E-state index is 11.4. The van der Waals surface area contributed by atoms with Crippen molar-refractivity contribution in [1.29, 1.82) is 0 Å². The van der Waals surface area contributed by atoms with E-state index in [0.717, 1.165) is 22.8 Å². The molecule has 1 aliphatic rings. The van der Waals surface area contributed by atoms with Crippen molar-refractivity contribution in [3.63, 3.8) is 0 Å². The third-order valence-electron chi connectivity index (χ3n) is 3.92. The minimum absolute atomic E-state index is 0.309. The SMILES string of the molecule is CCSCC(C)n1c(C2CC2)nc2c(C(=O)O)cccc21. The predicted octanol–water partition coefficient (Wildman–Crippen LogP) is 3.93. The van der Waals surface area contributed by atoms with Crippen LogP contribution >= 0.6 is 11.8 Å². The second kappa shape index (κ2) is 5.72. The maximum Gasteiger partial charge on any atom is 0.337 e. The lowest BCUT2D eigenvalue weighted by Gasteiger charge is -2.17. The standard InChI is InChI=1S/C16H20N2O2S/c1-3-21-9-10(2)18-13-6-4-5-12(16(19)20)14(13)17-15(18)11-7-8-11/h4-6,10-11H,3,7-9H2,1-2H3,(H,19,20). The number of benzene rings is 1. The number of hydrogen-bond acceptors (Lipinski definition) is 3. The summed E-state index contributed by atoms with van der Waals surface area (Å²) in [6.07, 6.45) is 2.33. The van der Waals surface area contributed by atoms with Gasteiger partial charge in [-0.2, -0.15) is 11.8 Å². The number of hydrogen-bond donors (Lipinski definition) is 1. The molecule has 1 fully saturated rings. The van der Waals surface area contributed by atoms with Gasteiger partial charge in [-0.05, 0) is 37.7 Å². The minimum atomic E-state index is -0.900. The second-order valence-electron chi connectivity index (χ2n) is 5.60. The highest BCUT2D eigenvalue weighted by Crippen LogP contribution is 2.42. The first-order chi connectivity index (χ1) is 10.1. The fraction of sp³-hybridized carbons (Fsp3) is 0.500. The molecule has 1 unspecified atom stereocenters. The van der Waals surface area contributed by atoms with Gasteiger partial charge in [0.15, 0.2) is 0 Å². The van der Waals surface area contributed by atoms with Gasteiger partial charge in [0.05, 0.1) is 11.1 Å². The largest absolute Gasteiger partial charge is 0.478 e. The molecule has 1 saturated carbocycles. The van der Waals surface area contributed by atoms with Gasteiger partial charge in [0.2, 0.25) is 0 Å². The zero-order valence-corrected chi connectivity index (χ0v) is 13.2. The van der Waals surface area contributed by atoms with Crippen LogP contribution in [-0.2, 0) is 0 Å². The van der Waals surface area contributed by atoms with Crippen LogP contribution in [0.2, 0.25) is 0 Å². The zero-order chi connectivity index (χ0) is 15.0. The molecule has 4 nitrogen and oxygen atoms in total. The first kappa shape index (κ1) is 14.4. The Balaban J connectivity index is 2.13. The molecule has 1 aromatic carbocycles. The van der Waals surface area contributed by atoms with Crippen LogP contribution in [0, 0.1) is 0 Å². The molecule has 0 aliphatic heterocycles. The molecule has 3 rings (SSSR count). The van der Waals surface area contributed by atoms with Crippen LogP contribution in [0.5, 0.6) is 0 Å². The summed E-state index contributed by atoms with van der Waals surface area (Å²) in [4.78, 5) is 16.1. The van der Waals surface area contributed by atoms with Gasteiger partial charge < -0.3 is 9.67 Å². The Bertz CT molecular complexity index is 676.